The summed E-state index contributed by atoms with van der Waals surface area (Å²) in [5.41, 5.74) is 1.20. The molecule has 0 aliphatic carbocycles. The van der Waals surface area contributed by atoms with Crippen LogP contribution in [0.2, 0.25) is 0 Å². The fourth-order valence-electron chi connectivity index (χ4n) is 2.14. The van der Waals surface area contributed by atoms with Crippen LogP contribution in [0.4, 0.5) is 0 Å². The molecule has 0 amide bonds. The molecule has 19 heavy (non-hydrogen) atoms. The van der Waals surface area contributed by atoms with Crippen LogP contribution >= 0.6 is 15.9 Å². The fraction of sp³-hybridized carbons (Fsp3) is 0.600. The standard InChI is InChI=1S/C15H21BrO3/c1-2-18-15-9-13(10-16)3-4-14(15)19-11-12-5-7-17-8-6-12/h3-4,9,12H,2,5-8,10-11H2,1H3. The molecule has 0 saturated carbocycles. The van der Waals surface area contributed by atoms with Gasteiger partial charge in [-0.3, -0.25) is 0 Å². The van der Waals surface area contributed by atoms with Gasteiger partial charge >= 0.3 is 0 Å². The van der Waals surface area contributed by atoms with Crippen LogP contribution in [0.5, 0.6) is 11.5 Å². The summed E-state index contributed by atoms with van der Waals surface area (Å²) in [7, 11) is 0. The van der Waals surface area contributed by atoms with Crippen molar-refractivity contribution in [3.05, 3.63) is 23.8 Å². The first-order valence-electron chi connectivity index (χ1n) is 6.85. The molecule has 0 atom stereocenters. The average molecular weight is 329 g/mol. The van der Waals surface area contributed by atoms with E-state index in [1.54, 1.807) is 0 Å². The Kier molecular flexibility index (Phi) is 5.98. The van der Waals surface area contributed by atoms with Crippen molar-refractivity contribution in [1.82, 2.24) is 0 Å². The Morgan fingerprint density at radius 2 is 2.00 bits per heavy atom. The van der Waals surface area contributed by atoms with Crippen LogP contribution in [0.25, 0.3) is 0 Å². The van der Waals surface area contributed by atoms with Gasteiger partial charge in [0.05, 0.1) is 13.2 Å². The molecule has 1 aliphatic heterocycles. The van der Waals surface area contributed by atoms with Crippen LogP contribution in [0.3, 0.4) is 0 Å². The van der Waals surface area contributed by atoms with Gasteiger partial charge in [0, 0.05) is 18.5 Å². The van der Waals surface area contributed by atoms with E-state index in [-0.39, 0.29) is 0 Å². The maximum Gasteiger partial charge on any atom is 0.161 e. The van der Waals surface area contributed by atoms with E-state index in [0.29, 0.717) is 12.5 Å². The Labute approximate surface area is 123 Å². The summed E-state index contributed by atoms with van der Waals surface area (Å²) in [5.74, 6) is 2.28. The highest BCUT2D eigenvalue weighted by molar-refractivity contribution is 9.08. The zero-order chi connectivity index (χ0) is 13.5. The number of hydrogen-bond donors (Lipinski definition) is 0. The van der Waals surface area contributed by atoms with Gasteiger partial charge in [0.15, 0.2) is 11.5 Å². The van der Waals surface area contributed by atoms with Crippen molar-refractivity contribution in [2.24, 2.45) is 5.92 Å². The summed E-state index contributed by atoms with van der Waals surface area (Å²) in [6.45, 7) is 5.10. The number of hydrogen-bond acceptors (Lipinski definition) is 3. The van der Waals surface area contributed by atoms with Crippen LogP contribution in [0.15, 0.2) is 18.2 Å². The Balaban J connectivity index is 1.97. The maximum atomic E-state index is 5.93. The number of ether oxygens (including phenoxy) is 3. The first kappa shape index (κ1) is 14.7. The van der Waals surface area contributed by atoms with E-state index in [1.807, 2.05) is 19.1 Å². The van der Waals surface area contributed by atoms with E-state index < -0.39 is 0 Å². The Morgan fingerprint density at radius 1 is 1.21 bits per heavy atom. The zero-order valence-electron chi connectivity index (χ0n) is 11.4. The molecule has 0 N–H and O–H groups in total. The van der Waals surface area contributed by atoms with Gasteiger partial charge in [-0.1, -0.05) is 22.0 Å². The van der Waals surface area contributed by atoms with Crippen LogP contribution in [0, 0.1) is 5.92 Å². The predicted molar refractivity (Wildman–Crippen MR) is 79.3 cm³/mol. The van der Waals surface area contributed by atoms with E-state index in [1.165, 1.54) is 5.56 Å². The molecule has 0 bridgehead atoms. The second-order valence-corrected chi connectivity index (χ2v) is 5.28. The minimum absolute atomic E-state index is 0.596. The summed E-state index contributed by atoms with van der Waals surface area (Å²) in [4.78, 5) is 0. The molecule has 2 rings (SSSR count). The molecule has 1 fully saturated rings. The van der Waals surface area contributed by atoms with E-state index in [9.17, 15) is 0 Å². The summed E-state index contributed by atoms with van der Waals surface area (Å²) < 4.78 is 16.9. The normalized spacial score (nSPS) is 16.3. The molecular formula is C15H21BrO3. The predicted octanol–water partition coefficient (Wildman–Crippen LogP) is 3.79. The Hall–Kier alpha value is -0.740. The first-order valence-corrected chi connectivity index (χ1v) is 7.98. The molecule has 1 heterocycles. The number of benzene rings is 1. The van der Waals surface area contributed by atoms with Gasteiger partial charge in [0.1, 0.15) is 0 Å². The fourth-order valence-corrected chi connectivity index (χ4v) is 2.49. The van der Waals surface area contributed by atoms with Gasteiger partial charge < -0.3 is 14.2 Å². The van der Waals surface area contributed by atoms with Gasteiger partial charge in [-0.05, 0) is 43.4 Å². The second kappa shape index (κ2) is 7.75. The quantitative estimate of drug-likeness (QED) is 0.743. The van der Waals surface area contributed by atoms with Crippen LogP contribution in [-0.2, 0) is 10.1 Å². The lowest BCUT2D eigenvalue weighted by Gasteiger charge is -2.22. The van der Waals surface area contributed by atoms with Gasteiger partial charge in [0.25, 0.3) is 0 Å². The lowest BCUT2D eigenvalue weighted by Crippen LogP contribution is -2.21. The van der Waals surface area contributed by atoms with Crippen molar-refractivity contribution < 1.29 is 14.2 Å². The van der Waals surface area contributed by atoms with E-state index in [0.717, 1.165) is 49.5 Å². The van der Waals surface area contributed by atoms with Crippen molar-refractivity contribution >= 4 is 15.9 Å². The summed E-state index contributed by atoms with van der Waals surface area (Å²) >= 11 is 3.46. The summed E-state index contributed by atoms with van der Waals surface area (Å²) in [5, 5.41) is 0.827. The highest BCUT2D eigenvalue weighted by atomic mass is 79.9. The third kappa shape index (κ3) is 4.39. The van der Waals surface area contributed by atoms with Gasteiger partial charge in [-0.25, -0.2) is 0 Å². The molecule has 4 heteroatoms. The van der Waals surface area contributed by atoms with E-state index in [2.05, 4.69) is 22.0 Å². The molecule has 3 nitrogen and oxygen atoms in total. The van der Waals surface area contributed by atoms with E-state index >= 15 is 0 Å². The summed E-state index contributed by atoms with van der Waals surface area (Å²) in [6, 6.07) is 6.11. The number of rotatable bonds is 6. The SMILES string of the molecule is CCOc1cc(CBr)ccc1OCC1CCOCC1. The molecule has 1 saturated heterocycles. The van der Waals surface area contributed by atoms with Crippen LogP contribution < -0.4 is 9.47 Å². The number of alkyl halides is 1. The second-order valence-electron chi connectivity index (χ2n) is 4.71. The molecule has 0 radical (unpaired) electrons. The molecule has 1 aromatic rings. The molecule has 0 aromatic heterocycles. The highest BCUT2D eigenvalue weighted by Crippen LogP contribution is 2.30. The number of halogens is 1. The van der Waals surface area contributed by atoms with Crippen molar-refractivity contribution in [2.75, 3.05) is 26.4 Å². The first-order chi connectivity index (χ1) is 9.33. The van der Waals surface area contributed by atoms with Gasteiger partial charge in [-0.2, -0.15) is 0 Å². The lowest BCUT2D eigenvalue weighted by atomic mass is 10.0. The van der Waals surface area contributed by atoms with Crippen molar-refractivity contribution in [2.45, 2.75) is 25.1 Å². The van der Waals surface area contributed by atoms with Crippen molar-refractivity contribution in [3.63, 3.8) is 0 Å². The van der Waals surface area contributed by atoms with Crippen LogP contribution in [-0.4, -0.2) is 26.4 Å². The molecule has 0 unspecified atom stereocenters. The molecule has 106 valence electrons. The third-order valence-corrected chi connectivity index (χ3v) is 3.93. The minimum atomic E-state index is 0.596. The molecule has 1 aliphatic rings. The largest absolute Gasteiger partial charge is 0.490 e. The average Bonchev–Trinajstić information content (AvgIpc) is 2.47. The van der Waals surface area contributed by atoms with Gasteiger partial charge in [-0.15, -0.1) is 0 Å². The Morgan fingerprint density at radius 3 is 2.68 bits per heavy atom. The van der Waals surface area contributed by atoms with Crippen molar-refractivity contribution in [1.29, 1.82) is 0 Å². The maximum absolute atomic E-state index is 5.93. The lowest BCUT2D eigenvalue weighted by molar-refractivity contribution is 0.0492. The highest BCUT2D eigenvalue weighted by Gasteiger charge is 2.15. The van der Waals surface area contributed by atoms with Crippen LogP contribution in [0.1, 0.15) is 25.3 Å². The smallest absolute Gasteiger partial charge is 0.161 e. The Bertz CT molecular complexity index is 389. The van der Waals surface area contributed by atoms with Crippen molar-refractivity contribution in [3.8, 4) is 11.5 Å². The van der Waals surface area contributed by atoms with E-state index in [4.69, 9.17) is 14.2 Å². The monoisotopic (exact) mass is 328 g/mol. The third-order valence-electron chi connectivity index (χ3n) is 3.28. The molecule has 1 aromatic carbocycles. The molecule has 0 spiro atoms. The zero-order valence-corrected chi connectivity index (χ0v) is 12.9. The topological polar surface area (TPSA) is 27.7 Å². The van der Waals surface area contributed by atoms with Gasteiger partial charge in [0.2, 0.25) is 0 Å². The summed E-state index contributed by atoms with van der Waals surface area (Å²) in [6.07, 6.45) is 2.17. The minimum Gasteiger partial charge on any atom is -0.490 e. The molecular weight excluding hydrogens is 308 g/mol.